The van der Waals surface area contributed by atoms with Crippen molar-refractivity contribution in [3.8, 4) is 45.2 Å². The van der Waals surface area contributed by atoms with Crippen LogP contribution in [0.4, 0.5) is 0 Å². The third-order valence-corrected chi connectivity index (χ3v) is 5.55. The maximum absolute atomic E-state index is 3.28. The minimum absolute atomic E-state index is 1.02. The van der Waals surface area contributed by atoms with E-state index in [2.05, 4.69) is 133 Å². The summed E-state index contributed by atoms with van der Waals surface area (Å²) in [6.07, 6.45) is 0. The molecule has 0 spiro atoms. The predicted molar refractivity (Wildman–Crippen MR) is 135 cm³/mol. The molecule has 0 nitrogen and oxygen atoms in total. The average molecular weight is 407 g/mol. The van der Waals surface area contributed by atoms with Crippen LogP contribution in [0, 0.1) is 11.8 Å². The van der Waals surface area contributed by atoms with Gasteiger partial charge in [0.05, 0.1) is 0 Å². The summed E-state index contributed by atoms with van der Waals surface area (Å²) in [6, 6.07) is 46.4. The molecule has 0 aromatic heterocycles. The summed E-state index contributed by atoms with van der Waals surface area (Å²) in [5.41, 5.74) is 9.34. The molecule has 32 heavy (non-hydrogen) atoms. The molecule has 150 valence electrons. The van der Waals surface area contributed by atoms with Gasteiger partial charge >= 0.3 is 0 Å². The Morgan fingerprint density at radius 1 is 0.250 bits per heavy atom. The van der Waals surface area contributed by atoms with Crippen molar-refractivity contribution in [2.45, 2.75) is 0 Å². The van der Waals surface area contributed by atoms with Crippen LogP contribution in [0.15, 0.2) is 133 Å². The highest BCUT2D eigenvalue weighted by Gasteiger charge is 2.00. The van der Waals surface area contributed by atoms with Crippen molar-refractivity contribution in [3.05, 3.63) is 145 Å². The Hall–Kier alpha value is -4.34. The van der Waals surface area contributed by atoms with E-state index in [-0.39, 0.29) is 0 Å². The minimum atomic E-state index is 1.02. The first-order chi connectivity index (χ1) is 15.8. The van der Waals surface area contributed by atoms with E-state index in [1.807, 2.05) is 12.1 Å². The smallest absolute Gasteiger partial charge is 0.0249 e. The van der Waals surface area contributed by atoms with Crippen LogP contribution in [0.2, 0.25) is 0 Å². The highest BCUT2D eigenvalue weighted by atomic mass is 14.0. The second-order valence-electron chi connectivity index (χ2n) is 7.71. The molecule has 5 aromatic rings. The third-order valence-electron chi connectivity index (χ3n) is 5.55. The van der Waals surface area contributed by atoms with Crippen LogP contribution in [0.5, 0.6) is 0 Å². The topological polar surface area (TPSA) is 0 Å². The average Bonchev–Trinajstić information content (AvgIpc) is 2.89. The molecule has 0 radical (unpaired) electrons. The first-order valence-electron chi connectivity index (χ1n) is 10.8. The molecule has 0 aliphatic heterocycles. The fourth-order valence-electron chi connectivity index (χ4n) is 3.75. The molecule has 0 fully saturated rings. The fraction of sp³-hybridized carbons (Fsp3) is 0. The van der Waals surface area contributed by atoms with Gasteiger partial charge in [0, 0.05) is 11.1 Å². The summed E-state index contributed by atoms with van der Waals surface area (Å²) in [5.74, 6) is 6.55. The van der Waals surface area contributed by atoms with Crippen molar-refractivity contribution in [1.82, 2.24) is 0 Å². The number of benzene rings is 5. The Bertz CT molecular complexity index is 1350. The minimum Gasteiger partial charge on any atom is -0.0622 e. The maximum Gasteiger partial charge on any atom is 0.0249 e. The van der Waals surface area contributed by atoms with Gasteiger partial charge in [-0.3, -0.25) is 0 Å². The second-order valence-corrected chi connectivity index (χ2v) is 7.71. The zero-order valence-corrected chi connectivity index (χ0v) is 17.7. The second kappa shape index (κ2) is 9.21. The van der Waals surface area contributed by atoms with Crippen molar-refractivity contribution >= 4 is 0 Å². The molecule has 0 bridgehead atoms. The van der Waals surface area contributed by atoms with Crippen molar-refractivity contribution in [3.63, 3.8) is 0 Å². The first kappa shape index (κ1) is 19.6. The molecule has 0 saturated heterocycles. The van der Waals surface area contributed by atoms with E-state index in [1.165, 1.54) is 33.4 Å². The zero-order chi connectivity index (χ0) is 21.6. The summed E-state index contributed by atoms with van der Waals surface area (Å²) in [7, 11) is 0. The molecule has 5 rings (SSSR count). The van der Waals surface area contributed by atoms with Gasteiger partial charge in [-0.05, 0) is 57.6 Å². The summed E-state index contributed by atoms with van der Waals surface area (Å²) in [4.78, 5) is 0. The van der Waals surface area contributed by atoms with Gasteiger partial charge in [-0.1, -0.05) is 121 Å². The molecule has 0 unspecified atom stereocenters. The van der Waals surface area contributed by atoms with Gasteiger partial charge in [0.2, 0.25) is 0 Å². The monoisotopic (exact) mass is 406 g/mol. The SMILES string of the molecule is C(#Cc1ccc(-c2ccc(-c3ccccc3)cc2)cc1)c1ccc(-c2ccccc2)cc1. The van der Waals surface area contributed by atoms with Gasteiger partial charge in [0.25, 0.3) is 0 Å². The predicted octanol–water partition coefficient (Wildman–Crippen LogP) is 8.09. The van der Waals surface area contributed by atoms with E-state index in [4.69, 9.17) is 0 Å². The van der Waals surface area contributed by atoms with Crippen molar-refractivity contribution in [1.29, 1.82) is 0 Å². The molecule has 0 saturated carbocycles. The molecule has 0 amide bonds. The summed E-state index contributed by atoms with van der Waals surface area (Å²) < 4.78 is 0. The zero-order valence-electron chi connectivity index (χ0n) is 17.7. The lowest BCUT2D eigenvalue weighted by atomic mass is 9.99. The molecule has 5 aromatic carbocycles. The van der Waals surface area contributed by atoms with E-state index in [1.54, 1.807) is 0 Å². The van der Waals surface area contributed by atoms with Crippen molar-refractivity contribution < 1.29 is 0 Å². The third kappa shape index (κ3) is 4.53. The molecular formula is C32H22. The maximum atomic E-state index is 3.28. The Labute approximate surface area is 189 Å². The molecule has 0 aliphatic carbocycles. The lowest BCUT2D eigenvalue weighted by Crippen LogP contribution is -1.82. The lowest BCUT2D eigenvalue weighted by Gasteiger charge is -2.05. The summed E-state index contributed by atoms with van der Waals surface area (Å²) >= 11 is 0. The van der Waals surface area contributed by atoms with Gasteiger partial charge in [-0.15, -0.1) is 0 Å². The van der Waals surface area contributed by atoms with Gasteiger partial charge < -0.3 is 0 Å². The van der Waals surface area contributed by atoms with Gasteiger partial charge in [0.1, 0.15) is 0 Å². The molecule has 0 heterocycles. The highest BCUT2D eigenvalue weighted by Crippen LogP contribution is 2.25. The standard InChI is InChI=1S/C32H22/c1-3-7-27(8-4-1)29-17-13-25(14-18-29)11-12-26-15-19-30(20-16-26)32-23-21-31(22-24-32)28-9-5-2-6-10-28/h1-10,13-24H. The molecule has 0 aliphatic rings. The van der Waals surface area contributed by atoms with Crippen LogP contribution >= 0.6 is 0 Å². The van der Waals surface area contributed by atoms with Gasteiger partial charge in [0.15, 0.2) is 0 Å². The van der Waals surface area contributed by atoms with Crippen LogP contribution in [0.3, 0.4) is 0 Å². The largest absolute Gasteiger partial charge is 0.0622 e. The van der Waals surface area contributed by atoms with E-state index in [0.29, 0.717) is 0 Å². The Morgan fingerprint density at radius 2 is 0.500 bits per heavy atom. The Morgan fingerprint density at radius 3 is 0.812 bits per heavy atom. The quantitative estimate of drug-likeness (QED) is 0.266. The van der Waals surface area contributed by atoms with E-state index in [9.17, 15) is 0 Å². The van der Waals surface area contributed by atoms with Gasteiger partial charge in [-0.25, -0.2) is 0 Å². The Kier molecular flexibility index (Phi) is 5.64. The highest BCUT2D eigenvalue weighted by molar-refractivity contribution is 5.71. The summed E-state index contributed by atoms with van der Waals surface area (Å²) in [6.45, 7) is 0. The molecular weight excluding hydrogens is 384 g/mol. The van der Waals surface area contributed by atoms with Crippen LogP contribution in [-0.2, 0) is 0 Å². The number of hydrogen-bond donors (Lipinski definition) is 0. The fourth-order valence-corrected chi connectivity index (χ4v) is 3.75. The van der Waals surface area contributed by atoms with Crippen LogP contribution in [0.25, 0.3) is 33.4 Å². The van der Waals surface area contributed by atoms with Crippen LogP contribution in [-0.4, -0.2) is 0 Å². The Balaban J connectivity index is 1.29. The number of rotatable bonds is 3. The van der Waals surface area contributed by atoms with Crippen LogP contribution in [0.1, 0.15) is 11.1 Å². The van der Waals surface area contributed by atoms with Crippen molar-refractivity contribution in [2.75, 3.05) is 0 Å². The van der Waals surface area contributed by atoms with Crippen LogP contribution < -0.4 is 0 Å². The van der Waals surface area contributed by atoms with E-state index >= 15 is 0 Å². The molecule has 0 N–H and O–H groups in total. The van der Waals surface area contributed by atoms with Gasteiger partial charge in [-0.2, -0.15) is 0 Å². The molecule has 0 atom stereocenters. The summed E-state index contributed by atoms with van der Waals surface area (Å²) in [5, 5.41) is 0. The van der Waals surface area contributed by atoms with E-state index < -0.39 is 0 Å². The molecule has 0 heteroatoms. The van der Waals surface area contributed by atoms with Crippen molar-refractivity contribution in [2.24, 2.45) is 0 Å². The van der Waals surface area contributed by atoms with E-state index in [0.717, 1.165) is 11.1 Å². The number of hydrogen-bond acceptors (Lipinski definition) is 0. The first-order valence-corrected chi connectivity index (χ1v) is 10.8. The lowest BCUT2D eigenvalue weighted by molar-refractivity contribution is 1.57. The normalized spacial score (nSPS) is 10.2.